The van der Waals surface area contributed by atoms with Crippen molar-refractivity contribution in [2.45, 2.75) is 79.3 Å². The van der Waals surface area contributed by atoms with Crippen molar-refractivity contribution in [1.29, 1.82) is 0 Å². The lowest BCUT2D eigenvalue weighted by molar-refractivity contribution is -0.154. The molecule has 0 saturated heterocycles. The number of nitrogens with one attached hydrogen (secondary N) is 2. The second-order valence-electron chi connectivity index (χ2n) is 12.6. The molecular formula is C35H47FN3O8P. The fraction of sp³-hybridized carbons (Fsp3) is 0.429. The molecule has 0 aliphatic heterocycles. The highest BCUT2D eigenvalue weighted by Gasteiger charge is 2.43. The minimum absolute atomic E-state index is 0.101. The molecular weight excluding hydrogens is 640 g/mol. The van der Waals surface area contributed by atoms with Gasteiger partial charge in [0.2, 0.25) is 0 Å². The van der Waals surface area contributed by atoms with Crippen molar-refractivity contribution in [3.8, 4) is 11.5 Å². The summed E-state index contributed by atoms with van der Waals surface area (Å²) in [5.41, 5.74) is 7.82. The number of esters is 2. The zero-order chi connectivity index (χ0) is 35.9. The van der Waals surface area contributed by atoms with Crippen LogP contribution >= 0.6 is 7.52 Å². The summed E-state index contributed by atoms with van der Waals surface area (Å²) >= 11 is 0. The summed E-state index contributed by atoms with van der Waals surface area (Å²) in [4.78, 5) is 37.2. The third kappa shape index (κ3) is 10.3. The van der Waals surface area contributed by atoms with Gasteiger partial charge >= 0.3 is 19.5 Å². The second-order valence-corrected chi connectivity index (χ2v) is 14.6. The highest BCUT2D eigenvalue weighted by molar-refractivity contribution is 7.55. The fourth-order valence-electron chi connectivity index (χ4n) is 4.88. The van der Waals surface area contributed by atoms with E-state index in [2.05, 4.69) is 10.9 Å². The number of phenols is 1. The van der Waals surface area contributed by atoms with Gasteiger partial charge in [-0.25, -0.2) is 15.2 Å². The van der Waals surface area contributed by atoms with E-state index in [9.17, 15) is 28.5 Å². The van der Waals surface area contributed by atoms with Crippen LogP contribution in [0, 0.1) is 19.7 Å². The minimum atomic E-state index is -4.49. The SMILES string of the molecule is CCOC(=O)C(C)(C)NN(NC(C)(C)C(=O)OCC)P(=O)(O)COc1cc(C)c(Cc2ccc(O)c(Cc3ccc(F)cc3)c2)c(C)c1. The standard InChI is InChI=1S/C35H47FN3O8P/c1-9-45-32(41)34(5,6)37-39(38-35(7,8)33(42)46-10-2)48(43,44)22-47-29-17-23(3)30(24(4)18-29)21-26-13-16-31(40)27(20-26)19-25-11-14-28(36)15-12-25/h11-18,20,37-38,40H,9-10,19,21-22H2,1-8H3,(H,43,44). The average molecular weight is 688 g/mol. The van der Waals surface area contributed by atoms with Gasteiger partial charge in [-0.2, -0.15) is 0 Å². The number of hydrogen-bond donors (Lipinski definition) is 4. The van der Waals surface area contributed by atoms with Gasteiger partial charge in [-0.15, -0.1) is 0 Å². The van der Waals surface area contributed by atoms with Crippen LogP contribution in [0.5, 0.6) is 11.5 Å². The topological polar surface area (TPSA) is 147 Å². The number of aryl methyl sites for hydroxylation is 2. The summed E-state index contributed by atoms with van der Waals surface area (Å²) in [6.45, 7) is 13.2. The summed E-state index contributed by atoms with van der Waals surface area (Å²) in [5, 5.41) is 10.5. The first-order chi connectivity index (χ1) is 22.4. The summed E-state index contributed by atoms with van der Waals surface area (Å²) < 4.78 is 43.2. The van der Waals surface area contributed by atoms with Gasteiger partial charge < -0.3 is 24.2 Å². The monoisotopic (exact) mass is 687 g/mol. The van der Waals surface area contributed by atoms with Gasteiger partial charge in [-0.3, -0.25) is 14.2 Å². The Kier molecular flexibility index (Phi) is 12.9. The van der Waals surface area contributed by atoms with E-state index in [1.165, 1.54) is 39.8 Å². The van der Waals surface area contributed by atoms with E-state index in [4.69, 9.17) is 14.2 Å². The number of benzene rings is 3. The molecule has 0 amide bonds. The third-order valence-corrected chi connectivity index (χ3v) is 8.85. The number of halogens is 1. The van der Waals surface area contributed by atoms with Gasteiger partial charge in [0.1, 0.15) is 28.4 Å². The van der Waals surface area contributed by atoms with E-state index in [1.54, 1.807) is 44.2 Å². The molecule has 1 unspecified atom stereocenters. The second kappa shape index (κ2) is 16.1. The molecule has 0 heterocycles. The first-order valence-electron chi connectivity index (χ1n) is 15.7. The van der Waals surface area contributed by atoms with Crippen LogP contribution in [0.3, 0.4) is 0 Å². The smallest absolute Gasteiger partial charge is 0.333 e. The molecule has 0 radical (unpaired) electrons. The molecule has 48 heavy (non-hydrogen) atoms. The predicted octanol–water partition coefficient (Wildman–Crippen LogP) is 5.85. The molecule has 3 aromatic rings. The fourth-order valence-corrected chi connectivity index (χ4v) is 6.12. The maximum absolute atomic E-state index is 13.8. The molecule has 1 atom stereocenters. The minimum Gasteiger partial charge on any atom is -0.508 e. The molecule has 0 fully saturated rings. The van der Waals surface area contributed by atoms with Crippen molar-refractivity contribution in [3.63, 3.8) is 0 Å². The predicted molar refractivity (Wildman–Crippen MR) is 181 cm³/mol. The Morgan fingerprint density at radius 2 is 1.33 bits per heavy atom. The molecule has 0 aliphatic rings. The van der Waals surface area contributed by atoms with Crippen LogP contribution in [0.1, 0.15) is 74.9 Å². The van der Waals surface area contributed by atoms with Crippen molar-refractivity contribution < 1.29 is 42.8 Å². The van der Waals surface area contributed by atoms with Gasteiger partial charge in [0.15, 0.2) is 6.35 Å². The number of hydrazine groups is 2. The van der Waals surface area contributed by atoms with Crippen LogP contribution in [0.25, 0.3) is 0 Å². The van der Waals surface area contributed by atoms with Gasteiger partial charge in [-0.05, 0) is 126 Å². The number of aromatic hydroxyl groups is 1. The van der Waals surface area contributed by atoms with Gasteiger partial charge in [0.25, 0.3) is 0 Å². The molecule has 4 N–H and O–H groups in total. The first kappa shape index (κ1) is 38.6. The first-order valence-corrected chi connectivity index (χ1v) is 17.5. The summed E-state index contributed by atoms with van der Waals surface area (Å²) in [7, 11) is -4.49. The Balaban J connectivity index is 1.81. The van der Waals surface area contributed by atoms with Gasteiger partial charge in [0, 0.05) is 6.42 Å². The molecule has 3 rings (SSSR count). The van der Waals surface area contributed by atoms with Crippen molar-refractivity contribution >= 4 is 19.5 Å². The zero-order valence-electron chi connectivity index (χ0n) is 28.8. The highest BCUT2D eigenvalue weighted by atomic mass is 31.2. The van der Waals surface area contributed by atoms with Crippen LogP contribution in [-0.4, -0.2) is 57.5 Å². The van der Waals surface area contributed by atoms with Crippen LogP contribution < -0.4 is 15.6 Å². The van der Waals surface area contributed by atoms with E-state index in [1.807, 2.05) is 26.0 Å². The van der Waals surface area contributed by atoms with Crippen LogP contribution in [0.15, 0.2) is 54.6 Å². The Morgan fingerprint density at radius 1 is 0.833 bits per heavy atom. The van der Waals surface area contributed by atoms with Crippen LogP contribution in [0.2, 0.25) is 0 Å². The van der Waals surface area contributed by atoms with Crippen molar-refractivity contribution in [1.82, 2.24) is 15.7 Å². The van der Waals surface area contributed by atoms with Gasteiger partial charge in [-0.1, -0.05) is 29.2 Å². The molecule has 0 saturated carbocycles. The molecule has 0 spiro atoms. The Hall–Kier alpha value is -3.80. The van der Waals surface area contributed by atoms with Crippen molar-refractivity contribution in [3.05, 3.63) is 93.8 Å². The van der Waals surface area contributed by atoms with E-state index in [-0.39, 0.29) is 24.8 Å². The maximum Gasteiger partial charge on any atom is 0.333 e. The molecule has 11 nitrogen and oxygen atoms in total. The highest BCUT2D eigenvalue weighted by Crippen LogP contribution is 2.44. The Labute approximate surface area is 281 Å². The molecule has 262 valence electrons. The molecule has 0 bridgehead atoms. The van der Waals surface area contributed by atoms with E-state index >= 15 is 0 Å². The largest absolute Gasteiger partial charge is 0.508 e. The lowest BCUT2D eigenvalue weighted by Gasteiger charge is -2.38. The number of ether oxygens (including phenoxy) is 3. The lowest BCUT2D eigenvalue weighted by atomic mass is 9.93. The van der Waals surface area contributed by atoms with E-state index in [0.29, 0.717) is 18.6 Å². The lowest BCUT2D eigenvalue weighted by Crippen LogP contribution is -2.64. The number of hydrogen-bond acceptors (Lipinski definition) is 9. The molecule has 0 aliphatic carbocycles. The third-order valence-electron chi connectivity index (χ3n) is 7.56. The number of rotatable bonds is 16. The molecule has 13 heteroatoms. The molecule has 0 aromatic heterocycles. The summed E-state index contributed by atoms with van der Waals surface area (Å²) in [5.74, 6) is -1.17. The van der Waals surface area contributed by atoms with E-state index in [0.717, 1.165) is 38.3 Å². The van der Waals surface area contributed by atoms with Crippen molar-refractivity contribution in [2.24, 2.45) is 0 Å². The van der Waals surface area contributed by atoms with E-state index < -0.39 is 36.9 Å². The normalized spacial score (nSPS) is 13.2. The average Bonchev–Trinajstić information content (AvgIpc) is 3.00. The number of carbonyl (C=O) groups excluding carboxylic acids is 2. The zero-order valence-corrected chi connectivity index (χ0v) is 29.7. The number of phenolic OH excluding ortho intramolecular Hbond substituents is 1. The summed E-state index contributed by atoms with van der Waals surface area (Å²) in [6.07, 6.45) is 0.301. The van der Waals surface area contributed by atoms with Crippen molar-refractivity contribution in [2.75, 3.05) is 19.6 Å². The Morgan fingerprint density at radius 3 is 1.83 bits per heavy atom. The quantitative estimate of drug-likeness (QED) is 0.0818. The Bertz CT molecular complexity index is 1590. The van der Waals surface area contributed by atoms with Crippen LogP contribution in [0.4, 0.5) is 4.39 Å². The van der Waals surface area contributed by atoms with Crippen LogP contribution in [-0.2, 0) is 36.5 Å². The summed E-state index contributed by atoms with van der Waals surface area (Å²) in [6, 6.07) is 15.1. The number of nitrogens with zero attached hydrogens (tertiary/aromatic N) is 1. The van der Waals surface area contributed by atoms with Gasteiger partial charge in [0.05, 0.1) is 13.2 Å². The molecule has 3 aromatic carbocycles. The number of carbonyl (C=O) groups is 2. The maximum atomic E-state index is 13.8.